The Morgan fingerprint density at radius 3 is 2.71 bits per heavy atom. The maximum Gasteiger partial charge on any atom is 0.163 e. The molecule has 0 aliphatic carbocycles. The largest absolute Gasteiger partial charge is 0.453 e. The van der Waals surface area contributed by atoms with Crippen LogP contribution in [-0.4, -0.2) is 4.98 Å². The summed E-state index contributed by atoms with van der Waals surface area (Å²) in [4.78, 5) is 3.89. The van der Waals surface area contributed by atoms with Gasteiger partial charge in [0.2, 0.25) is 0 Å². The molecule has 1 heterocycles. The minimum atomic E-state index is 0.360. The Balaban J connectivity index is 2.35. The molecular formula is C12H6Cl2N2O. The number of benzene rings is 1. The molecule has 0 fully saturated rings. The maximum atomic E-state index is 8.90. The van der Waals surface area contributed by atoms with E-state index in [-0.39, 0.29) is 0 Å². The zero-order valence-electron chi connectivity index (χ0n) is 8.52. The number of halogens is 2. The van der Waals surface area contributed by atoms with E-state index in [9.17, 15) is 0 Å². The average Bonchev–Trinajstić information content (AvgIpc) is 2.33. The van der Waals surface area contributed by atoms with Gasteiger partial charge in [0.05, 0.1) is 16.8 Å². The van der Waals surface area contributed by atoms with Crippen molar-refractivity contribution in [3.63, 3.8) is 0 Å². The van der Waals surface area contributed by atoms with E-state index in [0.717, 1.165) is 0 Å². The second-order valence-corrected chi connectivity index (χ2v) is 4.00. The van der Waals surface area contributed by atoms with Gasteiger partial charge in [0, 0.05) is 11.2 Å². The highest BCUT2D eigenvalue weighted by Crippen LogP contribution is 2.32. The van der Waals surface area contributed by atoms with Gasteiger partial charge in [-0.3, -0.25) is 4.98 Å². The number of nitrogens with zero attached hydrogens (tertiary/aromatic N) is 2. The molecule has 0 saturated heterocycles. The Bertz CT molecular complexity index is 593. The lowest BCUT2D eigenvalue weighted by molar-refractivity contribution is 0.479. The predicted molar refractivity (Wildman–Crippen MR) is 65.5 cm³/mol. The van der Waals surface area contributed by atoms with E-state index in [1.54, 1.807) is 24.3 Å². The fourth-order valence-electron chi connectivity index (χ4n) is 1.23. The van der Waals surface area contributed by atoms with E-state index in [1.165, 1.54) is 12.4 Å². The van der Waals surface area contributed by atoms with Crippen LogP contribution in [0.3, 0.4) is 0 Å². The zero-order chi connectivity index (χ0) is 12.3. The van der Waals surface area contributed by atoms with Gasteiger partial charge in [0.15, 0.2) is 5.75 Å². The minimum Gasteiger partial charge on any atom is -0.453 e. The van der Waals surface area contributed by atoms with E-state index < -0.39 is 0 Å². The lowest BCUT2D eigenvalue weighted by atomic mass is 10.2. The lowest BCUT2D eigenvalue weighted by Gasteiger charge is -2.08. The number of aromatic nitrogens is 1. The molecule has 0 bridgehead atoms. The van der Waals surface area contributed by atoms with Crippen molar-refractivity contribution in [2.75, 3.05) is 0 Å². The Kier molecular flexibility index (Phi) is 3.48. The van der Waals surface area contributed by atoms with Gasteiger partial charge in [-0.2, -0.15) is 5.26 Å². The molecule has 0 amide bonds. The van der Waals surface area contributed by atoms with Crippen molar-refractivity contribution in [1.82, 2.24) is 4.98 Å². The van der Waals surface area contributed by atoms with E-state index in [1.807, 2.05) is 6.07 Å². The summed E-state index contributed by atoms with van der Waals surface area (Å²) in [6.45, 7) is 0. The van der Waals surface area contributed by atoms with Crippen LogP contribution in [0.1, 0.15) is 5.56 Å². The second kappa shape index (κ2) is 5.05. The first-order valence-corrected chi connectivity index (χ1v) is 5.43. The number of ether oxygens (including phenoxy) is 1. The molecule has 0 unspecified atom stereocenters. The third kappa shape index (κ3) is 2.68. The van der Waals surface area contributed by atoms with Crippen molar-refractivity contribution in [3.8, 4) is 17.6 Å². The molecule has 0 N–H and O–H groups in total. The molecule has 0 aliphatic heterocycles. The van der Waals surface area contributed by atoms with Crippen LogP contribution >= 0.6 is 23.2 Å². The smallest absolute Gasteiger partial charge is 0.163 e. The molecule has 0 atom stereocenters. The van der Waals surface area contributed by atoms with Gasteiger partial charge in [-0.1, -0.05) is 23.2 Å². The summed E-state index contributed by atoms with van der Waals surface area (Å²) in [5.74, 6) is 0.791. The summed E-state index contributed by atoms with van der Waals surface area (Å²) >= 11 is 11.7. The maximum absolute atomic E-state index is 8.90. The molecule has 0 saturated carbocycles. The number of rotatable bonds is 2. The highest BCUT2D eigenvalue weighted by atomic mass is 35.5. The van der Waals surface area contributed by atoms with Crippen molar-refractivity contribution >= 4 is 23.2 Å². The van der Waals surface area contributed by atoms with Crippen LogP contribution in [0.5, 0.6) is 11.5 Å². The Morgan fingerprint density at radius 2 is 2.00 bits per heavy atom. The molecule has 3 nitrogen and oxygen atoms in total. The van der Waals surface area contributed by atoms with Gasteiger partial charge in [0.1, 0.15) is 11.8 Å². The van der Waals surface area contributed by atoms with E-state index in [4.69, 9.17) is 33.2 Å². The van der Waals surface area contributed by atoms with Crippen molar-refractivity contribution in [2.24, 2.45) is 0 Å². The molecule has 0 radical (unpaired) electrons. The van der Waals surface area contributed by atoms with Crippen LogP contribution < -0.4 is 4.74 Å². The fourth-order valence-corrected chi connectivity index (χ4v) is 1.68. The van der Waals surface area contributed by atoms with Crippen molar-refractivity contribution < 1.29 is 4.74 Å². The number of hydrogen-bond donors (Lipinski definition) is 0. The van der Waals surface area contributed by atoms with Crippen LogP contribution in [0.4, 0.5) is 0 Å². The number of pyridine rings is 1. The van der Waals surface area contributed by atoms with Crippen LogP contribution in [0.15, 0.2) is 36.7 Å². The van der Waals surface area contributed by atoms with Gasteiger partial charge in [-0.15, -0.1) is 0 Å². The summed E-state index contributed by atoms with van der Waals surface area (Å²) in [7, 11) is 0. The molecule has 1 aromatic heterocycles. The predicted octanol–water partition coefficient (Wildman–Crippen LogP) is 4.05. The highest BCUT2D eigenvalue weighted by molar-refractivity contribution is 6.35. The molecule has 0 aliphatic rings. The van der Waals surface area contributed by atoms with Gasteiger partial charge in [0.25, 0.3) is 0 Å². The van der Waals surface area contributed by atoms with Gasteiger partial charge < -0.3 is 4.74 Å². The third-order valence-corrected chi connectivity index (χ3v) is 2.55. The zero-order valence-corrected chi connectivity index (χ0v) is 10.0. The first-order chi connectivity index (χ1) is 8.20. The monoisotopic (exact) mass is 264 g/mol. The molecule has 5 heteroatoms. The quantitative estimate of drug-likeness (QED) is 0.822. The standard InChI is InChI=1S/C12H6Cl2N2O/c13-9-1-2-11(10(14)5-9)17-12-7-16-4-3-8(12)6-15/h1-5,7H. The van der Waals surface area contributed by atoms with Crippen LogP contribution in [0.25, 0.3) is 0 Å². The van der Waals surface area contributed by atoms with E-state index in [2.05, 4.69) is 4.98 Å². The van der Waals surface area contributed by atoms with Gasteiger partial charge in [-0.05, 0) is 24.3 Å². The summed E-state index contributed by atoms with van der Waals surface area (Å²) in [6, 6.07) is 8.45. The van der Waals surface area contributed by atoms with Gasteiger partial charge >= 0.3 is 0 Å². The molecule has 17 heavy (non-hydrogen) atoms. The van der Waals surface area contributed by atoms with Crippen LogP contribution in [0, 0.1) is 11.3 Å². The lowest BCUT2D eigenvalue weighted by Crippen LogP contribution is -1.89. The van der Waals surface area contributed by atoms with Crippen LogP contribution in [-0.2, 0) is 0 Å². The Hall–Kier alpha value is -1.76. The van der Waals surface area contributed by atoms with Crippen LogP contribution in [0.2, 0.25) is 10.0 Å². The highest BCUT2D eigenvalue weighted by Gasteiger charge is 2.07. The minimum absolute atomic E-state index is 0.360. The average molecular weight is 265 g/mol. The topological polar surface area (TPSA) is 45.9 Å². The second-order valence-electron chi connectivity index (χ2n) is 3.16. The summed E-state index contributed by atoms with van der Waals surface area (Å²) in [5, 5.41) is 9.80. The summed E-state index contributed by atoms with van der Waals surface area (Å²) in [5.41, 5.74) is 0.394. The normalized spacial score (nSPS) is 9.71. The molecular weight excluding hydrogens is 259 g/mol. The Morgan fingerprint density at radius 1 is 1.18 bits per heavy atom. The first kappa shape index (κ1) is 11.7. The fraction of sp³-hybridized carbons (Fsp3) is 0. The molecule has 0 spiro atoms. The summed E-state index contributed by atoms with van der Waals surface area (Å²) in [6.07, 6.45) is 2.98. The van der Waals surface area contributed by atoms with Crippen molar-refractivity contribution in [3.05, 3.63) is 52.3 Å². The van der Waals surface area contributed by atoms with E-state index in [0.29, 0.717) is 27.1 Å². The summed E-state index contributed by atoms with van der Waals surface area (Å²) < 4.78 is 5.51. The first-order valence-electron chi connectivity index (χ1n) is 4.67. The number of hydrogen-bond acceptors (Lipinski definition) is 3. The van der Waals surface area contributed by atoms with E-state index >= 15 is 0 Å². The van der Waals surface area contributed by atoms with Crippen molar-refractivity contribution in [2.45, 2.75) is 0 Å². The number of nitriles is 1. The third-order valence-electron chi connectivity index (χ3n) is 2.02. The molecule has 2 rings (SSSR count). The molecule has 84 valence electrons. The van der Waals surface area contributed by atoms with Gasteiger partial charge in [-0.25, -0.2) is 0 Å². The Labute approximate surface area is 108 Å². The molecule has 2 aromatic rings. The molecule has 1 aromatic carbocycles. The van der Waals surface area contributed by atoms with Crippen molar-refractivity contribution in [1.29, 1.82) is 5.26 Å². The SMILES string of the molecule is N#Cc1ccncc1Oc1ccc(Cl)cc1Cl.